The van der Waals surface area contributed by atoms with Gasteiger partial charge in [0.15, 0.2) is 0 Å². The second kappa shape index (κ2) is 6.78. The number of hydrogen-bond acceptors (Lipinski definition) is 4. The zero-order valence-corrected chi connectivity index (χ0v) is 10.9. The molecule has 0 unspecified atom stereocenters. The topological polar surface area (TPSA) is 83.4 Å². The van der Waals surface area contributed by atoms with E-state index in [1.54, 1.807) is 24.3 Å². The van der Waals surface area contributed by atoms with Gasteiger partial charge in [-0.2, -0.15) is 22.8 Å². The Hall–Kier alpha value is -0.720. The Labute approximate surface area is 115 Å². The third kappa shape index (κ3) is 3.13. The number of benzene rings is 1. The second-order valence-electron chi connectivity index (χ2n) is 2.94. The van der Waals surface area contributed by atoms with E-state index in [2.05, 4.69) is 6.21 Å². The number of carbonyl (C=O) groups is 1. The van der Waals surface area contributed by atoms with Gasteiger partial charge in [-0.1, -0.05) is 18.3 Å². The molecule has 1 amide bonds. The van der Waals surface area contributed by atoms with Gasteiger partial charge in [0, 0.05) is 5.69 Å². The first-order chi connectivity index (χ1) is 6.81. The first-order valence-electron chi connectivity index (χ1n) is 4.30. The smallest absolute Gasteiger partial charge is 0.870 e. The summed E-state index contributed by atoms with van der Waals surface area (Å²) in [5.41, 5.74) is 1.38. The van der Waals surface area contributed by atoms with E-state index in [1.807, 2.05) is 0 Å². The summed E-state index contributed by atoms with van der Waals surface area (Å²) in [5, 5.41) is 8.19. The van der Waals surface area contributed by atoms with Crippen LogP contribution in [0.3, 0.4) is 0 Å². The van der Waals surface area contributed by atoms with E-state index in [4.69, 9.17) is 10.2 Å². The number of nitrogens with zero attached hydrogens (tertiary/aromatic N) is 1. The minimum Gasteiger partial charge on any atom is -0.870 e. The number of amides is 1. The molecule has 1 fully saturated rings. The molecule has 0 atom stereocenters. The minimum atomic E-state index is -0.0309. The zero-order chi connectivity index (χ0) is 9.97. The fourth-order valence-electron chi connectivity index (χ4n) is 1.30. The van der Waals surface area contributed by atoms with Crippen molar-refractivity contribution >= 4 is 17.8 Å². The van der Waals surface area contributed by atoms with Gasteiger partial charge < -0.3 is 10.9 Å². The van der Waals surface area contributed by atoms with Crippen molar-refractivity contribution in [3.05, 3.63) is 29.8 Å². The molecule has 0 spiro atoms. The van der Waals surface area contributed by atoms with Gasteiger partial charge in [-0.05, 0) is 0 Å². The van der Waals surface area contributed by atoms with Gasteiger partial charge in [0.2, 0.25) is 0 Å². The van der Waals surface area contributed by atoms with E-state index in [-0.39, 0.29) is 40.9 Å². The molecule has 0 radical (unpaired) electrons. The fraction of sp³-hybridized carbons (Fsp3) is 0.200. The fourth-order valence-corrected chi connectivity index (χ4v) is 1.30. The molecule has 0 saturated carbocycles. The Morgan fingerprint density at radius 2 is 1.94 bits per heavy atom. The summed E-state index contributed by atoms with van der Waals surface area (Å²) in [6.07, 6.45) is 2.69. The van der Waals surface area contributed by atoms with Crippen LogP contribution in [0.5, 0.6) is 0 Å². The normalized spacial score (nSPS) is 14.0. The Kier molecular flexibility index (Phi) is 6.47. The molecule has 0 aromatic heterocycles. The number of hydrogen-bond donors (Lipinski definition) is 1. The molecule has 1 aliphatic heterocycles. The summed E-state index contributed by atoms with van der Waals surface area (Å²) >= 11 is 0. The van der Waals surface area contributed by atoms with Gasteiger partial charge in [0.25, 0.3) is 5.91 Å². The van der Waals surface area contributed by atoms with E-state index in [1.165, 1.54) is 5.06 Å². The van der Waals surface area contributed by atoms with E-state index >= 15 is 0 Å². The quantitative estimate of drug-likeness (QED) is 0.363. The molecule has 1 aromatic carbocycles. The molecular formula is C10H10N2NaO3-. The van der Waals surface area contributed by atoms with Crippen LogP contribution in [0.2, 0.25) is 0 Å². The van der Waals surface area contributed by atoms with Crippen molar-refractivity contribution in [2.24, 2.45) is 0 Å². The number of nitrogens with one attached hydrogen (secondary N) is 1. The standard InChI is InChI=1S/C10H9N2O2.Na.H2O/c11-7-8-1-3-9(4-2-8)12-10(13)5-6-14-12;;/h1-4,11H,5-6H2;;1H2/q-1;+1;/p-1. The van der Waals surface area contributed by atoms with Gasteiger partial charge in [0.05, 0.1) is 13.0 Å². The van der Waals surface area contributed by atoms with E-state index in [9.17, 15) is 4.79 Å². The molecule has 0 bridgehead atoms. The largest absolute Gasteiger partial charge is 1.00 e. The van der Waals surface area contributed by atoms with Crippen molar-refractivity contribution < 1.29 is 44.7 Å². The molecule has 0 aliphatic carbocycles. The number of hydroxylamine groups is 1. The molecule has 80 valence electrons. The molecule has 2 rings (SSSR count). The van der Waals surface area contributed by atoms with Gasteiger partial charge in [0.1, 0.15) is 0 Å². The Balaban J connectivity index is 0.00000112. The number of rotatable bonds is 2. The molecule has 2 N–H and O–H groups in total. The van der Waals surface area contributed by atoms with Crippen molar-refractivity contribution in [2.45, 2.75) is 6.42 Å². The van der Waals surface area contributed by atoms with Crippen LogP contribution >= 0.6 is 0 Å². The predicted octanol–water partition coefficient (Wildman–Crippen LogP) is -1.94. The van der Waals surface area contributed by atoms with Crippen LogP contribution in [0, 0.1) is 5.41 Å². The predicted molar refractivity (Wildman–Crippen MR) is 53.3 cm³/mol. The van der Waals surface area contributed by atoms with Gasteiger partial charge in [-0.25, -0.2) is 0 Å². The first kappa shape index (κ1) is 15.3. The molecule has 1 saturated heterocycles. The van der Waals surface area contributed by atoms with Crippen molar-refractivity contribution in [1.82, 2.24) is 0 Å². The van der Waals surface area contributed by atoms with Crippen LogP contribution in [0.4, 0.5) is 5.69 Å². The molecule has 5 nitrogen and oxygen atoms in total. The molecule has 16 heavy (non-hydrogen) atoms. The van der Waals surface area contributed by atoms with Crippen molar-refractivity contribution in [3.8, 4) is 0 Å². The minimum absolute atomic E-state index is 0. The van der Waals surface area contributed by atoms with Crippen LogP contribution in [-0.2, 0) is 9.63 Å². The molecule has 1 aromatic rings. The maximum Gasteiger partial charge on any atom is 1.00 e. The molecule has 1 heterocycles. The molecular weight excluding hydrogens is 219 g/mol. The summed E-state index contributed by atoms with van der Waals surface area (Å²) in [6, 6.07) is 6.91. The average molecular weight is 229 g/mol. The zero-order valence-electron chi connectivity index (χ0n) is 8.93. The monoisotopic (exact) mass is 229 g/mol. The summed E-state index contributed by atoms with van der Waals surface area (Å²) in [5.74, 6) is -0.0309. The van der Waals surface area contributed by atoms with Crippen molar-refractivity contribution in [2.75, 3.05) is 11.7 Å². The maximum absolute atomic E-state index is 11.3. The average Bonchev–Trinajstić information content (AvgIpc) is 2.65. The second-order valence-corrected chi connectivity index (χ2v) is 2.94. The van der Waals surface area contributed by atoms with E-state index in [0.717, 1.165) is 0 Å². The van der Waals surface area contributed by atoms with Crippen molar-refractivity contribution in [1.29, 1.82) is 5.41 Å². The number of anilines is 1. The molecule has 1 aliphatic rings. The van der Waals surface area contributed by atoms with Gasteiger partial charge in [-0.3, -0.25) is 9.63 Å². The van der Waals surface area contributed by atoms with Gasteiger partial charge in [-0.15, -0.1) is 0 Å². The van der Waals surface area contributed by atoms with Crippen LogP contribution in [0.1, 0.15) is 12.0 Å². The SMILES string of the molecule is N=[C-]c1ccc(N2OCCC2=O)cc1.[Na+].[OH-]. The Bertz CT molecular complexity index is 367. The Morgan fingerprint density at radius 3 is 2.38 bits per heavy atom. The summed E-state index contributed by atoms with van der Waals surface area (Å²) in [7, 11) is 0. The number of carbonyl (C=O) groups excluding carboxylic acids is 1. The van der Waals surface area contributed by atoms with Crippen LogP contribution in [0.25, 0.3) is 0 Å². The summed E-state index contributed by atoms with van der Waals surface area (Å²) in [4.78, 5) is 16.4. The summed E-state index contributed by atoms with van der Waals surface area (Å²) < 4.78 is 0. The third-order valence-corrected chi connectivity index (χ3v) is 2.01. The van der Waals surface area contributed by atoms with E-state index in [0.29, 0.717) is 24.3 Å². The van der Waals surface area contributed by atoms with Crippen LogP contribution in [0.15, 0.2) is 24.3 Å². The van der Waals surface area contributed by atoms with Crippen molar-refractivity contribution in [3.63, 3.8) is 0 Å². The molecule has 6 heteroatoms. The maximum atomic E-state index is 11.3. The van der Waals surface area contributed by atoms with Gasteiger partial charge >= 0.3 is 29.6 Å². The van der Waals surface area contributed by atoms with Crippen LogP contribution < -0.4 is 34.6 Å². The summed E-state index contributed by atoms with van der Waals surface area (Å²) in [6.45, 7) is 0.442. The first-order valence-corrected chi connectivity index (χ1v) is 4.30. The van der Waals surface area contributed by atoms with E-state index < -0.39 is 0 Å². The third-order valence-electron chi connectivity index (χ3n) is 2.01. The Morgan fingerprint density at radius 1 is 1.31 bits per heavy atom. The van der Waals surface area contributed by atoms with Crippen LogP contribution in [-0.4, -0.2) is 24.2 Å².